The van der Waals surface area contributed by atoms with Gasteiger partial charge in [0, 0.05) is 12.1 Å². The summed E-state index contributed by atoms with van der Waals surface area (Å²) in [7, 11) is 3.28. The molecule has 0 bridgehead atoms. The summed E-state index contributed by atoms with van der Waals surface area (Å²) in [5.41, 5.74) is 2.06. The third kappa shape index (κ3) is 4.50. The van der Waals surface area contributed by atoms with Gasteiger partial charge in [0.25, 0.3) is 0 Å². The van der Waals surface area contributed by atoms with Gasteiger partial charge in [-0.2, -0.15) is 0 Å². The number of rotatable bonds is 7. The number of urea groups is 1. The minimum Gasteiger partial charge on any atom is -0.497 e. The van der Waals surface area contributed by atoms with Crippen LogP contribution in [0, 0.1) is 6.92 Å². The Bertz CT molecular complexity index is 809. The summed E-state index contributed by atoms with van der Waals surface area (Å²) >= 11 is 0. The molecule has 6 heteroatoms. The number of likely N-dealkylation sites (tertiary alicyclic amines) is 1. The summed E-state index contributed by atoms with van der Waals surface area (Å²) < 4.78 is 16.6. The highest BCUT2D eigenvalue weighted by Crippen LogP contribution is 2.38. The Morgan fingerprint density at radius 1 is 1.14 bits per heavy atom. The second kappa shape index (κ2) is 9.35. The summed E-state index contributed by atoms with van der Waals surface area (Å²) in [6, 6.07) is 13.5. The fraction of sp³-hybridized carbons (Fsp3) is 0.409. The summed E-state index contributed by atoms with van der Waals surface area (Å²) in [6.45, 7) is 3.60. The molecule has 0 aromatic heterocycles. The number of hydrogen-bond donors (Lipinski definition) is 1. The Kier molecular flexibility index (Phi) is 6.63. The van der Waals surface area contributed by atoms with Crippen molar-refractivity contribution in [2.45, 2.75) is 25.8 Å². The SMILES string of the molecule is COc1ccc(OC)c(C2CCCN2C(=O)NCCOc2ccccc2C)c1. The number of hydrogen-bond acceptors (Lipinski definition) is 4. The molecule has 1 fully saturated rings. The first-order valence-corrected chi connectivity index (χ1v) is 9.59. The molecular formula is C22H28N2O4. The van der Waals surface area contributed by atoms with Crippen LogP contribution in [0.15, 0.2) is 42.5 Å². The molecule has 6 nitrogen and oxygen atoms in total. The Balaban J connectivity index is 1.60. The van der Waals surface area contributed by atoms with Gasteiger partial charge in [0.05, 0.1) is 26.8 Å². The summed E-state index contributed by atoms with van der Waals surface area (Å²) in [6.07, 6.45) is 1.86. The fourth-order valence-electron chi connectivity index (χ4n) is 3.57. The second-order valence-corrected chi connectivity index (χ2v) is 6.81. The van der Waals surface area contributed by atoms with E-state index in [4.69, 9.17) is 14.2 Å². The monoisotopic (exact) mass is 384 g/mol. The minimum atomic E-state index is -0.0826. The average Bonchev–Trinajstić information content (AvgIpc) is 3.21. The van der Waals surface area contributed by atoms with Crippen molar-refractivity contribution < 1.29 is 19.0 Å². The van der Waals surface area contributed by atoms with Crippen LogP contribution in [0.2, 0.25) is 0 Å². The molecule has 1 aliphatic rings. The van der Waals surface area contributed by atoms with Gasteiger partial charge in [-0.05, 0) is 49.6 Å². The molecule has 1 saturated heterocycles. The van der Waals surface area contributed by atoms with E-state index in [0.29, 0.717) is 13.2 Å². The Morgan fingerprint density at radius 2 is 1.96 bits per heavy atom. The molecule has 1 N–H and O–H groups in total. The molecule has 1 aliphatic heterocycles. The number of aryl methyl sites for hydroxylation is 1. The number of para-hydroxylation sites is 1. The van der Waals surface area contributed by atoms with Crippen LogP contribution in [0.1, 0.15) is 30.0 Å². The van der Waals surface area contributed by atoms with E-state index in [1.54, 1.807) is 14.2 Å². The molecular weight excluding hydrogens is 356 g/mol. The Hall–Kier alpha value is -2.89. The Labute approximate surface area is 166 Å². The van der Waals surface area contributed by atoms with Crippen LogP contribution >= 0.6 is 0 Å². The molecule has 0 spiro atoms. The predicted octanol–water partition coefficient (Wildman–Crippen LogP) is 3.94. The highest BCUT2D eigenvalue weighted by atomic mass is 16.5. The zero-order valence-electron chi connectivity index (χ0n) is 16.7. The molecule has 3 rings (SSSR count). The van der Waals surface area contributed by atoms with Gasteiger partial charge in [-0.15, -0.1) is 0 Å². The molecule has 0 aliphatic carbocycles. The number of methoxy groups -OCH3 is 2. The van der Waals surface area contributed by atoms with Gasteiger partial charge >= 0.3 is 6.03 Å². The summed E-state index contributed by atoms with van der Waals surface area (Å²) in [5.74, 6) is 2.37. The highest BCUT2D eigenvalue weighted by molar-refractivity contribution is 5.75. The van der Waals surface area contributed by atoms with Crippen LogP contribution in [0.4, 0.5) is 4.79 Å². The smallest absolute Gasteiger partial charge is 0.318 e. The number of carbonyl (C=O) groups is 1. The maximum Gasteiger partial charge on any atom is 0.318 e. The van der Waals surface area contributed by atoms with Gasteiger partial charge < -0.3 is 24.4 Å². The van der Waals surface area contributed by atoms with Crippen LogP contribution in [-0.2, 0) is 0 Å². The number of amides is 2. The first-order valence-electron chi connectivity index (χ1n) is 9.59. The zero-order valence-corrected chi connectivity index (χ0v) is 16.7. The van der Waals surface area contributed by atoms with E-state index in [1.165, 1.54) is 0 Å². The van der Waals surface area contributed by atoms with Crippen molar-refractivity contribution in [3.63, 3.8) is 0 Å². The zero-order chi connectivity index (χ0) is 19.9. The standard InChI is InChI=1S/C22H28N2O4/c1-16-7-4-5-9-20(16)28-14-12-23-22(25)24-13-6-8-19(24)18-15-17(26-2)10-11-21(18)27-3/h4-5,7,9-11,15,19H,6,8,12-14H2,1-3H3,(H,23,25). The van der Waals surface area contributed by atoms with Crippen LogP contribution in [0.5, 0.6) is 17.2 Å². The number of benzene rings is 2. The van der Waals surface area contributed by atoms with Crippen LogP contribution in [0.25, 0.3) is 0 Å². The summed E-state index contributed by atoms with van der Waals surface area (Å²) in [5, 5.41) is 2.97. The van der Waals surface area contributed by atoms with Crippen LogP contribution in [0.3, 0.4) is 0 Å². The lowest BCUT2D eigenvalue weighted by atomic mass is 10.0. The van der Waals surface area contributed by atoms with E-state index in [0.717, 1.165) is 47.8 Å². The minimum absolute atomic E-state index is 0.0256. The van der Waals surface area contributed by atoms with Crippen molar-refractivity contribution >= 4 is 6.03 Å². The lowest BCUT2D eigenvalue weighted by molar-refractivity contribution is 0.189. The Morgan fingerprint density at radius 3 is 2.71 bits per heavy atom. The largest absolute Gasteiger partial charge is 0.497 e. The van der Waals surface area contributed by atoms with E-state index >= 15 is 0 Å². The van der Waals surface area contributed by atoms with E-state index in [9.17, 15) is 4.79 Å². The van der Waals surface area contributed by atoms with Gasteiger partial charge in [0.2, 0.25) is 0 Å². The molecule has 0 radical (unpaired) electrons. The van der Waals surface area contributed by atoms with Gasteiger partial charge in [0.15, 0.2) is 0 Å². The van der Waals surface area contributed by atoms with Gasteiger partial charge in [-0.1, -0.05) is 18.2 Å². The maximum atomic E-state index is 12.7. The molecule has 1 heterocycles. The molecule has 2 aromatic carbocycles. The number of ether oxygens (including phenoxy) is 3. The highest BCUT2D eigenvalue weighted by Gasteiger charge is 2.32. The molecule has 1 atom stereocenters. The lowest BCUT2D eigenvalue weighted by Crippen LogP contribution is -2.41. The normalized spacial score (nSPS) is 16.0. The molecule has 150 valence electrons. The van der Waals surface area contributed by atoms with E-state index < -0.39 is 0 Å². The van der Waals surface area contributed by atoms with Gasteiger partial charge in [-0.3, -0.25) is 0 Å². The molecule has 0 saturated carbocycles. The first-order chi connectivity index (χ1) is 13.6. The third-order valence-corrected chi connectivity index (χ3v) is 5.04. The predicted molar refractivity (Wildman–Crippen MR) is 108 cm³/mol. The first kappa shape index (κ1) is 19.9. The van der Waals surface area contributed by atoms with Crippen molar-refractivity contribution in [1.29, 1.82) is 0 Å². The van der Waals surface area contributed by atoms with E-state index in [-0.39, 0.29) is 12.1 Å². The average molecular weight is 384 g/mol. The molecule has 2 amide bonds. The third-order valence-electron chi connectivity index (χ3n) is 5.04. The number of nitrogens with zero attached hydrogens (tertiary/aromatic N) is 1. The molecule has 28 heavy (non-hydrogen) atoms. The topological polar surface area (TPSA) is 60.0 Å². The maximum absolute atomic E-state index is 12.7. The molecule has 2 aromatic rings. The van der Waals surface area contributed by atoms with Crippen molar-refractivity contribution in [2.75, 3.05) is 33.9 Å². The van der Waals surface area contributed by atoms with Gasteiger partial charge in [0.1, 0.15) is 23.9 Å². The van der Waals surface area contributed by atoms with Crippen molar-refractivity contribution in [2.24, 2.45) is 0 Å². The second-order valence-electron chi connectivity index (χ2n) is 6.81. The lowest BCUT2D eigenvalue weighted by Gasteiger charge is -2.27. The summed E-state index contributed by atoms with van der Waals surface area (Å²) in [4.78, 5) is 14.6. The number of nitrogens with one attached hydrogen (secondary N) is 1. The fourth-order valence-corrected chi connectivity index (χ4v) is 3.57. The van der Waals surface area contributed by atoms with E-state index in [2.05, 4.69) is 5.32 Å². The quantitative estimate of drug-likeness (QED) is 0.735. The number of carbonyl (C=O) groups excluding carboxylic acids is 1. The van der Waals surface area contributed by atoms with Crippen molar-refractivity contribution in [3.05, 3.63) is 53.6 Å². The van der Waals surface area contributed by atoms with Crippen LogP contribution < -0.4 is 19.5 Å². The van der Waals surface area contributed by atoms with Crippen LogP contribution in [-0.4, -0.2) is 44.8 Å². The van der Waals surface area contributed by atoms with Crippen molar-refractivity contribution in [3.8, 4) is 17.2 Å². The van der Waals surface area contributed by atoms with Crippen molar-refractivity contribution in [1.82, 2.24) is 10.2 Å². The van der Waals surface area contributed by atoms with E-state index in [1.807, 2.05) is 54.3 Å². The molecule has 1 unspecified atom stereocenters. The van der Waals surface area contributed by atoms with Gasteiger partial charge in [-0.25, -0.2) is 4.79 Å².